The molecule has 0 saturated heterocycles. The van der Waals surface area contributed by atoms with Crippen LogP contribution in [-0.2, 0) is 6.54 Å². The number of nitrogens with zero attached hydrogens (tertiary/aromatic N) is 1. The van der Waals surface area contributed by atoms with E-state index < -0.39 is 10.7 Å². The van der Waals surface area contributed by atoms with Crippen LogP contribution in [-0.4, -0.2) is 4.92 Å². The standard InChI is InChI=1S/C13H10ClFN2O2/c14-13-6-10(15)5-4-9(13)8-16-11-2-1-3-12(7-11)17(18)19/h1-7,16H,8H2. The molecule has 0 bridgehead atoms. The molecule has 0 aliphatic rings. The summed E-state index contributed by atoms with van der Waals surface area (Å²) in [4.78, 5) is 10.2. The smallest absolute Gasteiger partial charge is 0.271 e. The molecule has 0 amide bonds. The van der Waals surface area contributed by atoms with Crippen LogP contribution in [0.15, 0.2) is 42.5 Å². The molecule has 4 nitrogen and oxygen atoms in total. The molecular formula is C13H10ClFN2O2. The molecule has 98 valence electrons. The number of non-ortho nitro benzene ring substituents is 1. The van der Waals surface area contributed by atoms with Crippen molar-refractivity contribution in [2.45, 2.75) is 6.54 Å². The van der Waals surface area contributed by atoms with E-state index in [0.717, 1.165) is 5.56 Å². The topological polar surface area (TPSA) is 55.2 Å². The molecular weight excluding hydrogens is 271 g/mol. The Morgan fingerprint density at radius 1 is 1.26 bits per heavy atom. The number of hydrogen-bond donors (Lipinski definition) is 1. The van der Waals surface area contributed by atoms with Crippen LogP contribution in [0.25, 0.3) is 0 Å². The van der Waals surface area contributed by atoms with Crippen molar-refractivity contribution in [1.82, 2.24) is 0 Å². The van der Waals surface area contributed by atoms with Crippen molar-refractivity contribution in [2.24, 2.45) is 0 Å². The zero-order valence-electron chi connectivity index (χ0n) is 9.77. The van der Waals surface area contributed by atoms with Crippen LogP contribution in [0.2, 0.25) is 5.02 Å². The van der Waals surface area contributed by atoms with Gasteiger partial charge in [0.2, 0.25) is 0 Å². The molecule has 2 rings (SSSR count). The average molecular weight is 281 g/mol. The molecule has 0 heterocycles. The largest absolute Gasteiger partial charge is 0.381 e. The minimum atomic E-state index is -0.462. The monoisotopic (exact) mass is 280 g/mol. The summed E-state index contributed by atoms with van der Waals surface area (Å²) in [5.74, 6) is -0.399. The zero-order chi connectivity index (χ0) is 13.8. The van der Waals surface area contributed by atoms with Crippen molar-refractivity contribution < 1.29 is 9.31 Å². The second-order valence-electron chi connectivity index (χ2n) is 3.90. The highest BCUT2D eigenvalue weighted by Gasteiger charge is 2.06. The van der Waals surface area contributed by atoms with E-state index >= 15 is 0 Å². The van der Waals surface area contributed by atoms with Gasteiger partial charge in [-0.1, -0.05) is 23.7 Å². The van der Waals surface area contributed by atoms with Gasteiger partial charge in [-0.15, -0.1) is 0 Å². The van der Waals surface area contributed by atoms with Gasteiger partial charge in [0.25, 0.3) is 5.69 Å². The molecule has 0 saturated carbocycles. The maximum absolute atomic E-state index is 12.9. The SMILES string of the molecule is O=[N+]([O-])c1cccc(NCc2ccc(F)cc2Cl)c1. The van der Waals surface area contributed by atoms with E-state index in [9.17, 15) is 14.5 Å². The Morgan fingerprint density at radius 3 is 2.74 bits per heavy atom. The molecule has 0 aliphatic carbocycles. The number of benzene rings is 2. The number of nitrogens with one attached hydrogen (secondary N) is 1. The third kappa shape index (κ3) is 3.42. The Balaban J connectivity index is 2.10. The van der Waals surface area contributed by atoms with Gasteiger partial charge in [-0.05, 0) is 23.8 Å². The van der Waals surface area contributed by atoms with Gasteiger partial charge < -0.3 is 5.32 Å². The van der Waals surface area contributed by atoms with Crippen LogP contribution < -0.4 is 5.32 Å². The second-order valence-corrected chi connectivity index (χ2v) is 4.30. The molecule has 0 unspecified atom stereocenters. The van der Waals surface area contributed by atoms with Crippen molar-refractivity contribution in [3.05, 3.63) is 69.0 Å². The van der Waals surface area contributed by atoms with Crippen molar-refractivity contribution >= 4 is 23.0 Å². The predicted molar refractivity (Wildman–Crippen MR) is 71.8 cm³/mol. The number of rotatable bonds is 4. The number of nitro benzene ring substituents is 1. The highest BCUT2D eigenvalue weighted by atomic mass is 35.5. The molecule has 0 fully saturated rings. The molecule has 6 heteroatoms. The first kappa shape index (κ1) is 13.3. The van der Waals surface area contributed by atoms with Gasteiger partial charge in [0.1, 0.15) is 5.82 Å². The van der Waals surface area contributed by atoms with Crippen molar-refractivity contribution in [2.75, 3.05) is 5.32 Å². The van der Waals surface area contributed by atoms with E-state index in [2.05, 4.69) is 5.32 Å². The summed E-state index contributed by atoms with van der Waals surface area (Å²) < 4.78 is 12.9. The quantitative estimate of drug-likeness (QED) is 0.680. The minimum Gasteiger partial charge on any atom is -0.381 e. The summed E-state index contributed by atoms with van der Waals surface area (Å²) in [5.41, 5.74) is 1.33. The number of halogens is 2. The third-order valence-electron chi connectivity index (χ3n) is 2.56. The van der Waals surface area contributed by atoms with Crippen molar-refractivity contribution in [3.63, 3.8) is 0 Å². The first-order valence-corrected chi connectivity index (χ1v) is 5.86. The van der Waals surface area contributed by atoms with E-state index in [1.807, 2.05) is 0 Å². The lowest BCUT2D eigenvalue weighted by molar-refractivity contribution is -0.384. The maximum Gasteiger partial charge on any atom is 0.271 e. The lowest BCUT2D eigenvalue weighted by Gasteiger charge is -2.08. The summed E-state index contributed by atoms with van der Waals surface area (Å²) in [6.45, 7) is 0.361. The van der Waals surface area contributed by atoms with Crippen LogP contribution in [0.5, 0.6) is 0 Å². The molecule has 2 aromatic carbocycles. The highest BCUT2D eigenvalue weighted by Crippen LogP contribution is 2.21. The summed E-state index contributed by atoms with van der Waals surface area (Å²) in [6, 6.07) is 10.3. The number of anilines is 1. The van der Waals surface area contributed by atoms with Gasteiger partial charge in [0.15, 0.2) is 0 Å². The Kier molecular flexibility index (Phi) is 3.97. The predicted octanol–water partition coefficient (Wildman–Crippen LogP) is 4.00. The molecule has 2 aromatic rings. The van der Waals surface area contributed by atoms with Gasteiger partial charge in [-0.2, -0.15) is 0 Å². The summed E-state index contributed by atoms with van der Waals surface area (Å²) >= 11 is 5.89. The fraction of sp³-hybridized carbons (Fsp3) is 0.0769. The fourth-order valence-electron chi connectivity index (χ4n) is 1.59. The van der Waals surface area contributed by atoms with Gasteiger partial charge in [0, 0.05) is 29.4 Å². The van der Waals surface area contributed by atoms with Gasteiger partial charge >= 0.3 is 0 Å². The fourth-order valence-corrected chi connectivity index (χ4v) is 1.83. The first-order chi connectivity index (χ1) is 9.06. The van der Waals surface area contributed by atoms with Gasteiger partial charge in [0.05, 0.1) is 4.92 Å². The molecule has 0 atom stereocenters. The molecule has 1 N–H and O–H groups in total. The Hall–Kier alpha value is -2.14. The van der Waals surface area contributed by atoms with Crippen LogP contribution in [0.3, 0.4) is 0 Å². The minimum absolute atomic E-state index is 0.00945. The van der Waals surface area contributed by atoms with E-state index in [1.54, 1.807) is 18.2 Å². The lowest BCUT2D eigenvalue weighted by Crippen LogP contribution is -2.00. The van der Waals surface area contributed by atoms with Crippen LogP contribution in [0.4, 0.5) is 15.8 Å². The van der Waals surface area contributed by atoms with Gasteiger partial charge in [-0.3, -0.25) is 10.1 Å². The van der Waals surface area contributed by atoms with E-state index in [-0.39, 0.29) is 5.69 Å². The molecule has 19 heavy (non-hydrogen) atoms. The Bertz CT molecular complexity index is 619. The second kappa shape index (κ2) is 5.67. The summed E-state index contributed by atoms with van der Waals surface area (Å²) in [7, 11) is 0. The molecule has 0 aromatic heterocycles. The zero-order valence-corrected chi connectivity index (χ0v) is 10.5. The lowest BCUT2D eigenvalue weighted by atomic mass is 10.2. The van der Waals surface area contributed by atoms with Crippen LogP contribution in [0, 0.1) is 15.9 Å². The number of nitro groups is 1. The van der Waals surface area contributed by atoms with Crippen LogP contribution in [0.1, 0.15) is 5.56 Å². The van der Waals surface area contributed by atoms with E-state index in [1.165, 1.54) is 24.3 Å². The van der Waals surface area contributed by atoms with Gasteiger partial charge in [-0.25, -0.2) is 4.39 Å². The first-order valence-electron chi connectivity index (χ1n) is 5.48. The van der Waals surface area contributed by atoms with Crippen molar-refractivity contribution in [1.29, 1.82) is 0 Å². The highest BCUT2D eigenvalue weighted by molar-refractivity contribution is 6.31. The number of hydrogen-bond acceptors (Lipinski definition) is 3. The molecule has 0 aliphatic heterocycles. The third-order valence-corrected chi connectivity index (χ3v) is 2.91. The summed E-state index contributed by atoms with van der Waals surface area (Å²) in [6.07, 6.45) is 0. The molecule has 0 radical (unpaired) electrons. The van der Waals surface area contributed by atoms with E-state index in [0.29, 0.717) is 17.3 Å². The van der Waals surface area contributed by atoms with Crippen LogP contribution >= 0.6 is 11.6 Å². The Labute approximate surface area is 114 Å². The normalized spacial score (nSPS) is 10.2. The van der Waals surface area contributed by atoms with E-state index in [4.69, 9.17) is 11.6 Å². The Morgan fingerprint density at radius 2 is 2.05 bits per heavy atom. The van der Waals surface area contributed by atoms with Crippen molar-refractivity contribution in [3.8, 4) is 0 Å². The average Bonchev–Trinajstić information content (AvgIpc) is 2.38. The summed E-state index contributed by atoms with van der Waals surface area (Å²) in [5, 5.41) is 14.0. The maximum atomic E-state index is 12.9. The molecule has 0 spiro atoms.